The maximum absolute atomic E-state index is 13.7. The number of anilines is 2. The number of piperidine rings is 1. The van der Waals surface area contributed by atoms with Crippen LogP contribution in [0.1, 0.15) is 19.8 Å². The fourth-order valence-corrected chi connectivity index (χ4v) is 2.12. The van der Waals surface area contributed by atoms with Gasteiger partial charge in [-0.1, -0.05) is 0 Å². The monoisotopic (exact) mass is 255 g/mol. The fraction of sp³-hybridized carbons (Fsp3) is 0.636. The van der Waals surface area contributed by atoms with Crippen molar-refractivity contribution in [2.75, 3.05) is 30.0 Å². The van der Waals surface area contributed by atoms with E-state index in [-0.39, 0.29) is 12.1 Å². The van der Waals surface area contributed by atoms with Crippen molar-refractivity contribution in [3.8, 4) is 0 Å². The van der Waals surface area contributed by atoms with Gasteiger partial charge in [-0.15, -0.1) is 0 Å². The maximum Gasteiger partial charge on any atom is 0.239 e. The van der Waals surface area contributed by atoms with Crippen LogP contribution in [0.15, 0.2) is 6.20 Å². The Hall–Kier alpha value is -1.47. The van der Waals surface area contributed by atoms with Gasteiger partial charge in [-0.2, -0.15) is 4.98 Å². The van der Waals surface area contributed by atoms with E-state index in [1.165, 1.54) is 0 Å². The van der Waals surface area contributed by atoms with E-state index in [1.54, 1.807) is 0 Å². The van der Waals surface area contributed by atoms with Crippen LogP contribution in [0.5, 0.6) is 0 Å². The summed E-state index contributed by atoms with van der Waals surface area (Å²) in [5.74, 6) is 5.32. The second-order valence-electron chi connectivity index (χ2n) is 4.15. The van der Waals surface area contributed by atoms with Crippen molar-refractivity contribution in [2.45, 2.75) is 25.9 Å². The number of hydrogen-bond acceptors (Lipinski definition) is 6. The first kappa shape index (κ1) is 13.0. The molecule has 1 aromatic rings. The molecule has 1 saturated heterocycles. The van der Waals surface area contributed by atoms with Gasteiger partial charge in [-0.25, -0.2) is 15.2 Å². The zero-order chi connectivity index (χ0) is 13.0. The Kier molecular flexibility index (Phi) is 4.27. The van der Waals surface area contributed by atoms with E-state index in [0.29, 0.717) is 12.4 Å². The molecular formula is C11H18FN5O. The first-order valence-corrected chi connectivity index (χ1v) is 6.10. The largest absolute Gasteiger partial charge is 0.378 e. The Morgan fingerprint density at radius 2 is 2.28 bits per heavy atom. The molecular weight excluding hydrogens is 237 g/mol. The average Bonchev–Trinajstić information content (AvgIpc) is 2.41. The smallest absolute Gasteiger partial charge is 0.239 e. The van der Waals surface area contributed by atoms with Crippen LogP contribution in [0.4, 0.5) is 16.2 Å². The zero-order valence-electron chi connectivity index (χ0n) is 10.4. The van der Waals surface area contributed by atoms with Gasteiger partial charge in [-0.05, 0) is 19.8 Å². The van der Waals surface area contributed by atoms with Crippen LogP contribution in [-0.4, -0.2) is 35.8 Å². The summed E-state index contributed by atoms with van der Waals surface area (Å²) in [6, 6.07) is 0. The second-order valence-corrected chi connectivity index (χ2v) is 4.15. The van der Waals surface area contributed by atoms with E-state index < -0.39 is 5.82 Å². The second kappa shape index (κ2) is 5.92. The third-order valence-electron chi connectivity index (χ3n) is 3.00. The Morgan fingerprint density at radius 1 is 1.56 bits per heavy atom. The fourth-order valence-electron chi connectivity index (χ4n) is 2.12. The lowest BCUT2D eigenvalue weighted by Crippen LogP contribution is -2.38. The highest BCUT2D eigenvalue weighted by molar-refractivity contribution is 5.43. The van der Waals surface area contributed by atoms with Crippen molar-refractivity contribution < 1.29 is 9.13 Å². The first-order chi connectivity index (χ1) is 8.74. The van der Waals surface area contributed by atoms with Crippen LogP contribution in [0, 0.1) is 5.82 Å². The number of nitrogens with one attached hydrogen (secondary N) is 1. The Labute approximate surface area is 105 Å². The van der Waals surface area contributed by atoms with Gasteiger partial charge in [0.05, 0.1) is 12.3 Å². The van der Waals surface area contributed by atoms with Crippen LogP contribution >= 0.6 is 0 Å². The molecule has 6 nitrogen and oxygen atoms in total. The molecule has 7 heteroatoms. The highest BCUT2D eigenvalue weighted by Gasteiger charge is 2.22. The van der Waals surface area contributed by atoms with Crippen LogP contribution < -0.4 is 16.2 Å². The van der Waals surface area contributed by atoms with Gasteiger partial charge < -0.3 is 9.64 Å². The number of rotatable bonds is 4. The van der Waals surface area contributed by atoms with Crippen molar-refractivity contribution in [1.29, 1.82) is 0 Å². The molecule has 2 heterocycles. The summed E-state index contributed by atoms with van der Waals surface area (Å²) < 4.78 is 19.2. The van der Waals surface area contributed by atoms with Gasteiger partial charge >= 0.3 is 0 Å². The molecule has 0 unspecified atom stereocenters. The SMILES string of the molecule is CCOC1CCN(c2nc(NN)ncc2F)CC1. The summed E-state index contributed by atoms with van der Waals surface area (Å²) in [6.45, 7) is 4.15. The summed E-state index contributed by atoms with van der Waals surface area (Å²) in [7, 11) is 0. The minimum atomic E-state index is -0.427. The Balaban J connectivity index is 2.04. The molecule has 1 fully saturated rings. The molecule has 1 aliphatic heterocycles. The predicted octanol–water partition coefficient (Wildman–Crippen LogP) is 0.907. The summed E-state index contributed by atoms with van der Waals surface area (Å²) in [4.78, 5) is 9.67. The summed E-state index contributed by atoms with van der Waals surface area (Å²) >= 11 is 0. The zero-order valence-corrected chi connectivity index (χ0v) is 10.4. The molecule has 0 atom stereocenters. The molecule has 0 spiro atoms. The lowest BCUT2D eigenvalue weighted by atomic mass is 10.1. The van der Waals surface area contributed by atoms with Crippen LogP contribution in [0.25, 0.3) is 0 Å². The van der Waals surface area contributed by atoms with Crippen LogP contribution in [0.2, 0.25) is 0 Å². The maximum atomic E-state index is 13.7. The normalized spacial score (nSPS) is 16.9. The molecule has 3 N–H and O–H groups in total. The number of hydrazine groups is 1. The van der Waals surface area contributed by atoms with E-state index >= 15 is 0 Å². The van der Waals surface area contributed by atoms with E-state index in [2.05, 4.69) is 15.4 Å². The topological polar surface area (TPSA) is 76.3 Å². The van der Waals surface area contributed by atoms with Gasteiger partial charge in [-0.3, -0.25) is 5.43 Å². The van der Waals surface area contributed by atoms with Crippen molar-refractivity contribution in [1.82, 2.24) is 9.97 Å². The lowest BCUT2D eigenvalue weighted by Gasteiger charge is -2.32. The van der Waals surface area contributed by atoms with Crippen molar-refractivity contribution in [3.63, 3.8) is 0 Å². The number of ether oxygens (including phenoxy) is 1. The van der Waals surface area contributed by atoms with Gasteiger partial charge in [0, 0.05) is 19.7 Å². The Morgan fingerprint density at radius 3 is 2.89 bits per heavy atom. The van der Waals surface area contributed by atoms with Gasteiger partial charge in [0.1, 0.15) is 0 Å². The van der Waals surface area contributed by atoms with Crippen LogP contribution in [0.3, 0.4) is 0 Å². The van der Waals surface area contributed by atoms with E-state index in [0.717, 1.165) is 32.1 Å². The van der Waals surface area contributed by atoms with Crippen LogP contribution in [-0.2, 0) is 4.74 Å². The average molecular weight is 255 g/mol. The predicted molar refractivity (Wildman–Crippen MR) is 66.7 cm³/mol. The number of nitrogen functional groups attached to an aromatic ring is 1. The summed E-state index contributed by atoms with van der Waals surface area (Å²) in [6.07, 6.45) is 3.15. The van der Waals surface area contributed by atoms with Gasteiger partial charge in [0.2, 0.25) is 5.95 Å². The van der Waals surface area contributed by atoms with Crippen molar-refractivity contribution >= 4 is 11.8 Å². The van der Waals surface area contributed by atoms with E-state index in [4.69, 9.17) is 10.6 Å². The molecule has 18 heavy (non-hydrogen) atoms. The number of nitrogens with two attached hydrogens (primary N) is 1. The quantitative estimate of drug-likeness (QED) is 0.615. The third kappa shape index (κ3) is 2.85. The molecule has 2 rings (SSSR count). The molecule has 0 radical (unpaired) electrons. The lowest BCUT2D eigenvalue weighted by molar-refractivity contribution is 0.0457. The Bertz CT molecular complexity index is 395. The molecule has 1 aliphatic rings. The number of hydrogen-bond donors (Lipinski definition) is 2. The summed E-state index contributed by atoms with van der Waals surface area (Å²) in [5.41, 5.74) is 2.32. The standard InChI is InChI=1S/C11H18FN5O/c1-2-18-8-3-5-17(6-4-8)10-9(12)7-14-11(15-10)16-13/h7-8H,2-6,13H2,1H3,(H,14,15,16). The molecule has 0 saturated carbocycles. The van der Waals surface area contributed by atoms with E-state index in [9.17, 15) is 4.39 Å². The van der Waals surface area contributed by atoms with Gasteiger partial charge in [0.25, 0.3) is 0 Å². The molecule has 0 aromatic carbocycles. The van der Waals surface area contributed by atoms with Crippen molar-refractivity contribution in [3.05, 3.63) is 12.0 Å². The summed E-state index contributed by atoms with van der Waals surface area (Å²) in [5, 5.41) is 0. The number of nitrogens with zero attached hydrogens (tertiary/aromatic N) is 3. The molecule has 0 bridgehead atoms. The highest BCUT2D eigenvalue weighted by atomic mass is 19.1. The number of aromatic nitrogens is 2. The molecule has 100 valence electrons. The first-order valence-electron chi connectivity index (χ1n) is 6.10. The van der Waals surface area contributed by atoms with Gasteiger partial charge in [0.15, 0.2) is 11.6 Å². The third-order valence-corrected chi connectivity index (χ3v) is 3.00. The number of halogens is 1. The highest BCUT2D eigenvalue weighted by Crippen LogP contribution is 2.22. The minimum Gasteiger partial charge on any atom is -0.378 e. The van der Waals surface area contributed by atoms with E-state index in [1.807, 2.05) is 11.8 Å². The molecule has 1 aromatic heterocycles. The minimum absolute atomic E-state index is 0.221. The molecule has 0 amide bonds. The van der Waals surface area contributed by atoms with Crippen molar-refractivity contribution in [2.24, 2.45) is 5.84 Å². The molecule has 0 aliphatic carbocycles.